The number of pyridine rings is 1. The van der Waals surface area contributed by atoms with E-state index in [1.165, 1.54) is 30.6 Å². The lowest BCUT2D eigenvalue weighted by Gasteiger charge is -2.27. The summed E-state index contributed by atoms with van der Waals surface area (Å²) in [4.78, 5) is 24.7. The number of anilines is 2. The average Bonchev–Trinajstić information content (AvgIpc) is 3.12. The quantitative estimate of drug-likeness (QED) is 0.711. The second kappa shape index (κ2) is 7.88. The molecular weight excluding hydrogens is 356 g/mol. The summed E-state index contributed by atoms with van der Waals surface area (Å²) in [6.07, 6.45) is 5.46. The molecule has 0 saturated carbocycles. The van der Waals surface area contributed by atoms with Gasteiger partial charge in [-0.25, -0.2) is 9.97 Å². The highest BCUT2D eigenvalue weighted by atomic mass is 32.1. The highest BCUT2D eigenvalue weighted by Gasteiger charge is 2.17. The molecule has 0 unspecified atom stereocenters. The third-order valence-corrected chi connectivity index (χ3v) is 5.91. The van der Waals surface area contributed by atoms with E-state index in [2.05, 4.69) is 20.2 Å². The number of aromatic nitrogens is 2. The zero-order valence-corrected chi connectivity index (χ0v) is 16.1. The summed E-state index contributed by atoms with van der Waals surface area (Å²) in [6, 6.07) is 13.8. The van der Waals surface area contributed by atoms with Crippen LogP contribution in [-0.2, 0) is 0 Å². The highest BCUT2D eigenvalue weighted by molar-refractivity contribution is 7.17. The Labute approximate surface area is 163 Å². The fourth-order valence-electron chi connectivity index (χ4n) is 3.27. The second-order valence-corrected chi connectivity index (χ2v) is 7.71. The zero-order valence-electron chi connectivity index (χ0n) is 15.3. The fraction of sp³-hybridized carbons (Fsp3) is 0.286. The fourth-order valence-corrected chi connectivity index (χ4v) is 4.24. The molecule has 1 amide bonds. The van der Waals surface area contributed by atoms with Gasteiger partial charge in [-0.3, -0.25) is 4.79 Å². The van der Waals surface area contributed by atoms with E-state index in [0.29, 0.717) is 10.6 Å². The normalized spacial score (nSPS) is 14.2. The summed E-state index contributed by atoms with van der Waals surface area (Å²) in [5, 5.41) is 3.80. The van der Waals surface area contributed by atoms with Gasteiger partial charge in [0.1, 0.15) is 15.7 Å². The van der Waals surface area contributed by atoms with E-state index in [1.807, 2.05) is 49.4 Å². The van der Waals surface area contributed by atoms with E-state index in [4.69, 9.17) is 0 Å². The molecule has 0 radical (unpaired) electrons. The average molecular weight is 379 g/mol. The summed E-state index contributed by atoms with van der Waals surface area (Å²) in [5.41, 5.74) is 2.47. The third kappa shape index (κ3) is 4.01. The molecule has 0 atom stereocenters. The minimum absolute atomic E-state index is 0.139. The number of nitrogens with one attached hydrogen (secondary N) is 1. The Balaban J connectivity index is 1.47. The number of benzene rings is 1. The van der Waals surface area contributed by atoms with Crippen LogP contribution in [0.5, 0.6) is 0 Å². The molecule has 2 aromatic heterocycles. The monoisotopic (exact) mass is 378 g/mol. The Morgan fingerprint density at radius 3 is 2.56 bits per heavy atom. The van der Waals surface area contributed by atoms with Crippen LogP contribution < -0.4 is 10.2 Å². The largest absolute Gasteiger partial charge is 0.357 e. The van der Waals surface area contributed by atoms with Gasteiger partial charge in [0.05, 0.1) is 17.6 Å². The van der Waals surface area contributed by atoms with Gasteiger partial charge in [-0.1, -0.05) is 30.3 Å². The number of aryl methyl sites for hydroxylation is 1. The molecule has 5 nitrogen and oxygen atoms in total. The Kier molecular flexibility index (Phi) is 5.16. The molecule has 1 aliphatic heterocycles. The van der Waals surface area contributed by atoms with Gasteiger partial charge in [0.25, 0.3) is 5.91 Å². The topological polar surface area (TPSA) is 58.1 Å². The van der Waals surface area contributed by atoms with Crippen molar-refractivity contribution in [2.45, 2.75) is 26.2 Å². The van der Waals surface area contributed by atoms with Crippen LogP contribution in [-0.4, -0.2) is 29.0 Å². The number of piperidine rings is 1. The summed E-state index contributed by atoms with van der Waals surface area (Å²) < 4.78 is 0. The van der Waals surface area contributed by atoms with Gasteiger partial charge in [-0.2, -0.15) is 0 Å². The SMILES string of the molecule is Cc1nc(-c2ccccc2)sc1C(=O)Nc1ccc(N2CCCCC2)nc1. The molecule has 3 heterocycles. The van der Waals surface area contributed by atoms with E-state index < -0.39 is 0 Å². The van der Waals surface area contributed by atoms with Crippen LogP contribution in [0.4, 0.5) is 11.5 Å². The van der Waals surface area contributed by atoms with E-state index in [9.17, 15) is 4.79 Å². The third-order valence-electron chi connectivity index (χ3n) is 4.71. The molecule has 0 bridgehead atoms. The van der Waals surface area contributed by atoms with Gasteiger partial charge in [0.2, 0.25) is 0 Å². The van der Waals surface area contributed by atoms with Crippen LogP contribution in [0.1, 0.15) is 34.6 Å². The minimum Gasteiger partial charge on any atom is -0.357 e. The predicted molar refractivity (Wildman–Crippen MR) is 111 cm³/mol. The first kappa shape index (κ1) is 17.7. The van der Waals surface area contributed by atoms with Crippen LogP contribution >= 0.6 is 11.3 Å². The van der Waals surface area contributed by atoms with Gasteiger partial charge in [0, 0.05) is 18.7 Å². The van der Waals surface area contributed by atoms with Crippen LogP contribution in [0.25, 0.3) is 10.6 Å². The Morgan fingerprint density at radius 1 is 1.07 bits per heavy atom. The van der Waals surface area contributed by atoms with E-state index in [0.717, 1.165) is 35.2 Å². The first-order valence-corrected chi connectivity index (χ1v) is 10.1. The zero-order chi connectivity index (χ0) is 18.6. The van der Waals surface area contributed by atoms with Crippen LogP contribution in [0.3, 0.4) is 0 Å². The van der Waals surface area contributed by atoms with Gasteiger partial charge < -0.3 is 10.2 Å². The van der Waals surface area contributed by atoms with Crippen molar-refractivity contribution in [1.82, 2.24) is 9.97 Å². The Hall–Kier alpha value is -2.73. The molecule has 27 heavy (non-hydrogen) atoms. The molecule has 0 spiro atoms. The van der Waals surface area contributed by atoms with E-state index in [-0.39, 0.29) is 5.91 Å². The maximum atomic E-state index is 12.7. The van der Waals surface area contributed by atoms with Crippen LogP contribution in [0.2, 0.25) is 0 Å². The van der Waals surface area contributed by atoms with Crippen molar-refractivity contribution in [3.05, 3.63) is 59.2 Å². The van der Waals surface area contributed by atoms with Gasteiger partial charge in [0.15, 0.2) is 0 Å². The maximum absolute atomic E-state index is 12.7. The molecule has 3 aromatic rings. The molecule has 6 heteroatoms. The smallest absolute Gasteiger partial charge is 0.267 e. The number of carbonyl (C=O) groups is 1. The molecule has 138 valence electrons. The van der Waals surface area contributed by atoms with Crippen LogP contribution in [0, 0.1) is 6.92 Å². The Bertz CT molecular complexity index is 915. The van der Waals surface area contributed by atoms with E-state index in [1.54, 1.807) is 6.20 Å². The molecule has 1 aromatic carbocycles. The van der Waals surface area contributed by atoms with Crippen molar-refractivity contribution in [2.75, 3.05) is 23.3 Å². The number of hydrogen-bond donors (Lipinski definition) is 1. The predicted octanol–water partition coefficient (Wildman–Crippen LogP) is 4.76. The lowest BCUT2D eigenvalue weighted by atomic mass is 10.1. The molecule has 0 aliphatic carbocycles. The number of carbonyl (C=O) groups excluding carboxylic acids is 1. The van der Waals surface area contributed by atoms with Crippen molar-refractivity contribution in [1.29, 1.82) is 0 Å². The summed E-state index contributed by atoms with van der Waals surface area (Å²) >= 11 is 1.41. The standard InChI is InChI=1S/C21H22N4OS/c1-15-19(27-21(23-15)16-8-4-2-5-9-16)20(26)24-17-10-11-18(22-14-17)25-12-6-3-7-13-25/h2,4-5,8-11,14H,3,6-7,12-13H2,1H3,(H,24,26). The number of thiazole rings is 1. The summed E-state index contributed by atoms with van der Waals surface area (Å²) in [7, 11) is 0. The van der Waals surface area contributed by atoms with Gasteiger partial charge in [-0.15, -0.1) is 11.3 Å². The molecule has 1 aliphatic rings. The summed E-state index contributed by atoms with van der Waals surface area (Å²) in [5.74, 6) is 0.840. The van der Waals surface area contributed by atoms with Crippen LogP contribution in [0.15, 0.2) is 48.7 Å². The molecular formula is C21H22N4OS. The highest BCUT2D eigenvalue weighted by Crippen LogP contribution is 2.28. The van der Waals surface area contributed by atoms with Gasteiger partial charge >= 0.3 is 0 Å². The molecule has 1 saturated heterocycles. The molecule has 4 rings (SSSR count). The number of amides is 1. The number of rotatable bonds is 4. The second-order valence-electron chi connectivity index (χ2n) is 6.71. The first-order chi connectivity index (χ1) is 13.2. The van der Waals surface area contributed by atoms with E-state index >= 15 is 0 Å². The van der Waals surface area contributed by atoms with Crippen molar-refractivity contribution >= 4 is 28.7 Å². The summed E-state index contributed by atoms with van der Waals surface area (Å²) in [6.45, 7) is 3.98. The van der Waals surface area contributed by atoms with Crippen molar-refractivity contribution in [2.24, 2.45) is 0 Å². The first-order valence-electron chi connectivity index (χ1n) is 9.26. The number of nitrogens with zero attached hydrogens (tertiary/aromatic N) is 3. The Morgan fingerprint density at radius 2 is 1.85 bits per heavy atom. The lowest BCUT2D eigenvalue weighted by molar-refractivity contribution is 0.103. The van der Waals surface area contributed by atoms with Crippen molar-refractivity contribution in [3.63, 3.8) is 0 Å². The number of hydrogen-bond acceptors (Lipinski definition) is 5. The van der Waals surface area contributed by atoms with Crippen molar-refractivity contribution in [3.8, 4) is 10.6 Å². The van der Waals surface area contributed by atoms with Crippen molar-refractivity contribution < 1.29 is 4.79 Å². The minimum atomic E-state index is -0.139. The molecule has 1 fully saturated rings. The lowest BCUT2D eigenvalue weighted by Crippen LogP contribution is -2.30. The van der Waals surface area contributed by atoms with Gasteiger partial charge in [-0.05, 0) is 38.3 Å². The maximum Gasteiger partial charge on any atom is 0.267 e. The molecule has 1 N–H and O–H groups in total.